The highest BCUT2D eigenvalue weighted by Gasteiger charge is 2.15. The third-order valence-electron chi connectivity index (χ3n) is 2.78. The standard InChI is InChI=1S/C15H10F2N2O/c1-9-3-2-4-11(14(9)17)15(20)19-13-6-5-10(8-18)7-12(13)16/h2-7H,1H3,(H,19,20). The largest absolute Gasteiger partial charge is 0.319 e. The van der Waals surface area contributed by atoms with Crippen molar-refractivity contribution in [3.8, 4) is 6.07 Å². The van der Waals surface area contributed by atoms with Crippen LogP contribution in [0.15, 0.2) is 36.4 Å². The van der Waals surface area contributed by atoms with Crippen molar-refractivity contribution < 1.29 is 13.6 Å². The molecule has 0 saturated carbocycles. The molecule has 2 rings (SSSR count). The lowest BCUT2D eigenvalue weighted by atomic mass is 10.1. The van der Waals surface area contributed by atoms with E-state index in [0.717, 1.165) is 6.07 Å². The van der Waals surface area contributed by atoms with E-state index in [4.69, 9.17) is 5.26 Å². The summed E-state index contributed by atoms with van der Waals surface area (Å²) in [4.78, 5) is 11.9. The Hall–Kier alpha value is -2.74. The predicted octanol–water partition coefficient (Wildman–Crippen LogP) is 3.40. The van der Waals surface area contributed by atoms with Crippen molar-refractivity contribution in [3.05, 3.63) is 64.7 Å². The fourth-order valence-corrected chi connectivity index (χ4v) is 1.70. The zero-order valence-corrected chi connectivity index (χ0v) is 10.6. The van der Waals surface area contributed by atoms with E-state index in [9.17, 15) is 13.6 Å². The lowest BCUT2D eigenvalue weighted by Crippen LogP contribution is -2.15. The summed E-state index contributed by atoms with van der Waals surface area (Å²) in [7, 11) is 0. The topological polar surface area (TPSA) is 52.9 Å². The maximum Gasteiger partial charge on any atom is 0.258 e. The van der Waals surface area contributed by atoms with Crippen molar-refractivity contribution in [3.63, 3.8) is 0 Å². The molecule has 0 aliphatic rings. The predicted molar refractivity (Wildman–Crippen MR) is 70.2 cm³/mol. The van der Waals surface area contributed by atoms with Crippen LogP contribution in [0.25, 0.3) is 0 Å². The SMILES string of the molecule is Cc1cccc(C(=O)Nc2ccc(C#N)cc2F)c1F. The first-order valence-electron chi connectivity index (χ1n) is 5.79. The van der Waals surface area contributed by atoms with Gasteiger partial charge in [-0.1, -0.05) is 12.1 Å². The molecule has 0 fully saturated rings. The molecule has 0 spiro atoms. The molecule has 0 bridgehead atoms. The maximum absolute atomic E-state index is 13.8. The van der Waals surface area contributed by atoms with Gasteiger partial charge in [-0.25, -0.2) is 8.78 Å². The van der Waals surface area contributed by atoms with Crippen molar-refractivity contribution >= 4 is 11.6 Å². The number of rotatable bonds is 2. The third kappa shape index (κ3) is 2.64. The monoisotopic (exact) mass is 272 g/mol. The summed E-state index contributed by atoms with van der Waals surface area (Å²) < 4.78 is 27.4. The second-order valence-corrected chi connectivity index (χ2v) is 4.20. The molecule has 0 heterocycles. The van der Waals surface area contributed by atoms with Crippen LogP contribution in [-0.4, -0.2) is 5.91 Å². The van der Waals surface area contributed by atoms with Gasteiger partial charge in [0.1, 0.15) is 11.6 Å². The average Bonchev–Trinajstić information content (AvgIpc) is 2.44. The summed E-state index contributed by atoms with van der Waals surface area (Å²) in [6, 6.07) is 9.81. The first kappa shape index (κ1) is 13.7. The highest BCUT2D eigenvalue weighted by atomic mass is 19.1. The molecule has 1 N–H and O–H groups in total. The van der Waals surface area contributed by atoms with Gasteiger partial charge >= 0.3 is 0 Å². The molecular formula is C15H10F2N2O. The van der Waals surface area contributed by atoms with E-state index in [-0.39, 0.29) is 16.8 Å². The average molecular weight is 272 g/mol. The summed E-state index contributed by atoms with van der Waals surface area (Å²) in [6.07, 6.45) is 0. The number of carbonyl (C=O) groups excluding carboxylic acids is 1. The lowest BCUT2D eigenvalue weighted by molar-refractivity contribution is 0.102. The molecule has 0 unspecified atom stereocenters. The molecule has 5 heteroatoms. The van der Waals surface area contributed by atoms with Gasteiger partial charge in [-0.05, 0) is 36.8 Å². The number of aryl methyl sites for hydroxylation is 1. The van der Waals surface area contributed by atoms with Crippen molar-refractivity contribution in [1.82, 2.24) is 0 Å². The number of nitrogens with one attached hydrogen (secondary N) is 1. The zero-order chi connectivity index (χ0) is 14.7. The van der Waals surface area contributed by atoms with Crippen molar-refractivity contribution in [2.24, 2.45) is 0 Å². The number of benzene rings is 2. The lowest BCUT2D eigenvalue weighted by Gasteiger charge is -2.08. The molecule has 0 radical (unpaired) electrons. The van der Waals surface area contributed by atoms with Gasteiger partial charge < -0.3 is 5.32 Å². The van der Waals surface area contributed by atoms with Crippen LogP contribution in [0.1, 0.15) is 21.5 Å². The molecule has 0 aliphatic carbocycles. The summed E-state index contributed by atoms with van der Waals surface area (Å²) >= 11 is 0. The van der Waals surface area contributed by atoms with Crippen molar-refractivity contribution in [2.75, 3.05) is 5.32 Å². The fourth-order valence-electron chi connectivity index (χ4n) is 1.70. The van der Waals surface area contributed by atoms with Crippen LogP contribution in [0.2, 0.25) is 0 Å². The molecule has 0 atom stereocenters. The van der Waals surface area contributed by atoms with Gasteiger partial charge in [0, 0.05) is 0 Å². The zero-order valence-electron chi connectivity index (χ0n) is 10.6. The third-order valence-corrected chi connectivity index (χ3v) is 2.78. The Morgan fingerprint density at radius 1 is 1.25 bits per heavy atom. The molecule has 1 amide bonds. The van der Waals surface area contributed by atoms with Gasteiger partial charge in [0.05, 0.1) is 22.9 Å². The number of nitriles is 1. The van der Waals surface area contributed by atoms with Gasteiger partial charge in [-0.3, -0.25) is 4.79 Å². The molecule has 0 saturated heterocycles. The highest BCUT2D eigenvalue weighted by Crippen LogP contribution is 2.18. The van der Waals surface area contributed by atoms with Crippen LogP contribution >= 0.6 is 0 Å². The van der Waals surface area contributed by atoms with Gasteiger partial charge in [0.15, 0.2) is 0 Å². The second kappa shape index (κ2) is 5.49. The summed E-state index contributed by atoms with van der Waals surface area (Å²) in [6.45, 7) is 1.54. The smallest absolute Gasteiger partial charge is 0.258 e. The Morgan fingerprint density at radius 2 is 2.00 bits per heavy atom. The minimum Gasteiger partial charge on any atom is -0.319 e. The summed E-state index contributed by atoms with van der Waals surface area (Å²) in [5.41, 5.74) is 0.212. The van der Waals surface area contributed by atoms with Crippen LogP contribution < -0.4 is 5.32 Å². The highest BCUT2D eigenvalue weighted by molar-refractivity contribution is 6.04. The minimum absolute atomic E-state index is 0.102. The minimum atomic E-state index is -0.745. The molecule has 3 nitrogen and oxygen atoms in total. The van der Waals surface area contributed by atoms with Crippen LogP contribution in [0.4, 0.5) is 14.5 Å². The molecule has 2 aromatic rings. The molecule has 2 aromatic carbocycles. The second-order valence-electron chi connectivity index (χ2n) is 4.20. The molecule has 0 aromatic heterocycles. The number of hydrogen-bond acceptors (Lipinski definition) is 2. The van der Waals surface area contributed by atoms with Gasteiger partial charge in [-0.15, -0.1) is 0 Å². The Morgan fingerprint density at radius 3 is 2.65 bits per heavy atom. The van der Waals surface area contributed by atoms with E-state index < -0.39 is 17.5 Å². The number of hydrogen-bond donors (Lipinski definition) is 1. The fraction of sp³-hybridized carbons (Fsp3) is 0.0667. The van der Waals surface area contributed by atoms with Crippen LogP contribution in [0.3, 0.4) is 0 Å². The first-order chi connectivity index (χ1) is 9.52. The molecule has 0 aliphatic heterocycles. The molecule has 100 valence electrons. The van der Waals surface area contributed by atoms with Crippen LogP contribution in [-0.2, 0) is 0 Å². The number of halogens is 2. The van der Waals surface area contributed by atoms with Crippen molar-refractivity contribution in [2.45, 2.75) is 6.92 Å². The normalized spacial score (nSPS) is 9.90. The first-order valence-corrected chi connectivity index (χ1v) is 5.79. The van der Waals surface area contributed by atoms with Gasteiger partial charge in [0.25, 0.3) is 5.91 Å². The van der Waals surface area contributed by atoms with Crippen LogP contribution in [0, 0.1) is 29.9 Å². The maximum atomic E-state index is 13.8. The molecule has 20 heavy (non-hydrogen) atoms. The van der Waals surface area contributed by atoms with E-state index in [1.54, 1.807) is 12.1 Å². The van der Waals surface area contributed by atoms with Gasteiger partial charge in [0.2, 0.25) is 0 Å². The number of amides is 1. The summed E-state index contributed by atoms with van der Waals surface area (Å²) in [5, 5.41) is 10.9. The van der Waals surface area contributed by atoms with E-state index in [2.05, 4.69) is 5.32 Å². The van der Waals surface area contributed by atoms with Crippen LogP contribution in [0.5, 0.6) is 0 Å². The number of anilines is 1. The number of carbonyl (C=O) groups is 1. The van der Waals surface area contributed by atoms with Crippen molar-refractivity contribution in [1.29, 1.82) is 5.26 Å². The Kier molecular flexibility index (Phi) is 3.76. The molecular weight excluding hydrogens is 262 g/mol. The van der Waals surface area contributed by atoms with Gasteiger partial charge in [-0.2, -0.15) is 5.26 Å². The van der Waals surface area contributed by atoms with E-state index >= 15 is 0 Å². The Balaban J connectivity index is 2.29. The Bertz CT molecular complexity index is 720. The Labute approximate surface area is 114 Å². The quantitative estimate of drug-likeness (QED) is 0.911. The van der Waals surface area contributed by atoms with E-state index in [0.29, 0.717) is 5.56 Å². The van der Waals surface area contributed by atoms with E-state index in [1.165, 1.54) is 31.2 Å². The summed E-state index contributed by atoms with van der Waals surface area (Å²) in [5.74, 6) is -2.13. The number of nitrogens with zero attached hydrogens (tertiary/aromatic N) is 1. The van der Waals surface area contributed by atoms with E-state index in [1.807, 2.05) is 0 Å².